The highest BCUT2D eigenvalue weighted by molar-refractivity contribution is 5.70. The summed E-state index contributed by atoms with van der Waals surface area (Å²) in [7, 11) is 0.951. The lowest BCUT2D eigenvalue weighted by molar-refractivity contribution is -0.393. The lowest BCUT2D eigenvalue weighted by Gasteiger charge is -2.12. The molecule has 1 aromatic heterocycles. The molecule has 0 aromatic carbocycles. The molecular weight excluding hydrogens is 289 g/mol. The molecule has 0 amide bonds. The maximum absolute atomic E-state index is 12.2. The number of nitrogens with zero attached hydrogens (tertiary/aromatic N) is 2. The van der Waals surface area contributed by atoms with Gasteiger partial charge >= 0.3 is 18.1 Å². The fourth-order valence-corrected chi connectivity index (χ4v) is 1.28. The fraction of sp³-hybridized carbons (Fsp3) is 0.333. The summed E-state index contributed by atoms with van der Waals surface area (Å²) in [6, 6.07) is 0.822. The highest BCUT2D eigenvalue weighted by Crippen LogP contribution is 2.39. The van der Waals surface area contributed by atoms with Gasteiger partial charge in [0.1, 0.15) is 6.42 Å². The van der Waals surface area contributed by atoms with Crippen molar-refractivity contribution in [2.24, 2.45) is 0 Å². The van der Waals surface area contributed by atoms with E-state index in [0.29, 0.717) is 0 Å². The number of methoxy groups -OCH3 is 1. The summed E-state index contributed by atoms with van der Waals surface area (Å²) >= 11 is 0. The Morgan fingerprint density at radius 1 is 1.55 bits per heavy atom. The number of hydrogen-bond acceptors (Lipinski definition) is 6. The van der Waals surface area contributed by atoms with Crippen LogP contribution in [0.4, 0.5) is 19.0 Å². The molecule has 0 aliphatic heterocycles. The van der Waals surface area contributed by atoms with Gasteiger partial charge in [0.15, 0.2) is 11.4 Å². The number of aromatic nitrogens is 1. The van der Waals surface area contributed by atoms with E-state index in [1.54, 1.807) is 0 Å². The fourth-order valence-electron chi connectivity index (χ4n) is 1.28. The van der Waals surface area contributed by atoms with E-state index in [9.17, 15) is 28.1 Å². The number of carbonyl (C=O) groups is 1. The second-order valence-corrected chi connectivity index (χ2v) is 3.34. The largest absolute Gasteiger partial charge is 0.573 e. The second-order valence-electron chi connectivity index (χ2n) is 3.34. The number of carboxylic acid groups (broad SMARTS) is 1. The molecule has 0 atom stereocenters. The first-order valence-corrected chi connectivity index (χ1v) is 4.84. The van der Waals surface area contributed by atoms with E-state index in [1.165, 1.54) is 0 Å². The molecule has 8 nitrogen and oxygen atoms in total. The maximum atomic E-state index is 12.2. The standard InChI is InChI=1S/C9H7F3N2O6/c1-19-5-2-4(3-6(15)16)13-8(14(17)18)7(5)20-9(10,11)12/h2H,3H2,1H3,(H,15,16). The summed E-state index contributed by atoms with van der Waals surface area (Å²) in [6.45, 7) is 0. The normalized spacial score (nSPS) is 11.0. The van der Waals surface area contributed by atoms with Gasteiger partial charge in [-0.25, -0.2) is 0 Å². The molecule has 11 heteroatoms. The van der Waals surface area contributed by atoms with Crippen LogP contribution in [0.15, 0.2) is 6.07 Å². The van der Waals surface area contributed by atoms with Crippen molar-refractivity contribution in [3.05, 3.63) is 21.9 Å². The van der Waals surface area contributed by atoms with E-state index in [1.807, 2.05) is 0 Å². The lowest BCUT2D eigenvalue weighted by Crippen LogP contribution is -2.19. The number of halogens is 3. The number of aliphatic carboxylic acids is 1. The van der Waals surface area contributed by atoms with Crippen molar-refractivity contribution in [3.8, 4) is 11.5 Å². The lowest BCUT2D eigenvalue weighted by atomic mass is 10.2. The zero-order valence-electron chi connectivity index (χ0n) is 9.80. The third-order valence-corrected chi connectivity index (χ3v) is 1.92. The zero-order valence-corrected chi connectivity index (χ0v) is 9.80. The second kappa shape index (κ2) is 5.59. The van der Waals surface area contributed by atoms with Gasteiger partial charge in [-0.3, -0.25) is 4.79 Å². The molecule has 0 bridgehead atoms. The van der Waals surface area contributed by atoms with Gasteiger partial charge in [-0.05, 0) is 9.91 Å². The van der Waals surface area contributed by atoms with Gasteiger partial charge in [0.2, 0.25) is 0 Å². The van der Waals surface area contributed by atoms with Crippen molar-refractivity contribution < 1.29 is 37.5 Å². The van der Waals surface area contributed by atoms with Crippen LogP contribution in [0.3, 0.4) is 0 Å². The van der Waals surface area contributed by atoms with E-state index in [0.717, 1.165) is 13.2 Å². The van der Waals surface area contributed by atoms with E-state index in [2.05, 4.69) is 14.5 Å². The first-order chi connectivity index (χ1) is 9.14. The average Bonchev–Trinajstić information content (AvgIpc) is 2.27. The van der Waals surface area contributed by atoms with Crippen LogP contribution in [0, 0.1) is 10.1 Å². The summed E-state index contributed by atoms with van der Waals surface area (Å²) in [5, 5.41) is 19.3. The Labute approximate surface area is 108 Å². The Hall–Kier alpha value is -2.59. The van der Waals surface area contributed by atoms with Gasteiger partial charge in [-0.2, -0.15) is 0 Å². The van der Waals surface area contributed by atoms with Crippen LogP contribution in [0.1, 0.15) is 5.69 Å². The van der Waals surface area contributed by atoms with Crippen LogP contribution in [0.25, 0.3) is 0 Å². The molecule has 0 unspecified atom stereocenters. The van der Waals surface area contributed by atoms with Gasteiger partial charge in [-0.15, -0.1) is 13.2 Å². The van der Waals surface area contributed by atoms with Crippen molar-refractivity contribution in [1.29, 1.82) is 0 Å². The number of nitro groups is 1. The van der Waals surface area contributed by atoms with Crippen LogP contribution < -0.4 is 9.47 Å². The number of pyridine rings is 1. The molecule has 0 aliphatic rings. The van der Waals surface area contributed by atoms with Crippen LogP contribution in [0.2, 0.25) is 0 Å². The summed E-state index contributed by atoms with van der Waals surface area (Å²) in [5.41, 5.74) is -0.337. The minimum atomic E-state index is -5.19. The topological polar surface area (TPSA) is 112 Å². The Morgan fingerprint density at radius 3 is 2.55 bits per heavy atom. The summed E-state index contributed by atoms with van der Waals surface area (Å²) in [4.78, 5) is 23.2. The molecular formula is C9H7F3N2O6. The predicted octanol–water partition coefficient (Wildman–Crippen LogP) is 1.52. The molecule has 1 N–H and O–H groups in total. The molecule has 20 heavy (non-hydrogen) atoms. The monoisotopic (exact) mass is 296 g/mol. The SMILES string of the molecule is COc1cc(CC(=O)O)nc([N+](=O)[O-])c1OC(F)(F)F. The Morgan fingerprint density at radius 2 is 2.15 bits per heavy atom. The van der Waals surface area contributed by atoms with E-state index < -0.39 is 41.0 Å². The van der Waals surface area contributed by atoms with Gasteiger partial charge in [0, 0.05) is 6.07 Å². The minimum absolute atomic E-state index is 0.337. The molecule has 0 aliphatic carbocycles. The molecule has 110 valence electrons. The quantitative estimate of drug-likeness (QED) is 0.647. The summed E-state index contributed by atoms with van der Waals surface area (Å²) < 4.78 is 44.6. The smallest absolute Gasteiger partial charge is 0.492 e. The molecule has 0 spiro atoms. The minimum Gasteiger partial charge on any atom is -0.492 e. The van der Waals surface area contributed by atoms with Gasteiger partial charge < -0.3 is 24.7 Å². The average molecular weight is 296 g/mol. The Bertz CT molecular complexity index is 545. The van der Waals surface area contributed by atoms with Crippen LogP contribution in [-0.4, -0.2) is 34.5 Å². The van der Waals surface area contributed by atoms with Crippen molar-refractivity contribution in [3.63, 3.8) is 0 Å². The van der Waals surface area contributed by atoms with Crippen molar-refractivity contribution in [2.45, 2.75) is 12.8 Å². The number of ether oxygens (including phenoxy) is 2. The third kappa shape index (κ3) is 3.96. The number of carboxylic acids is 1. The van der Waals surface area contributed by atoms with Gasteiger partial charge in [0.25, 0.3) is 5.75 Å². The molecule has 0 radical (unpaired) electrons. The molecule has 1 heterocycles. The molecule has 0 saturated carbocycles. The predicted molar refractivity (Wildman–Crippen MR) is 55.5 cm³/mol. The van der Waals surface area contributed by atoms with Crippen LogP contribution in [0.5, 0.6) is 11.5 Å². The first kappa shape index (κ1) is 15.5. The number of alkyl halides is 3. The highest BCUT2D eigenvalue weighted by atomic mass is 19.4. The van der Waals surface area contributed by atoms with Crippen molar-refractivity contribution in [2.75, 3.05) is 7.11 Å². The summed E-state index contributed by atoms with van der Waals surface area (Å²) in [5.74, 6) is -4.52. The van der Waals surface area contributed by atoms with E-state index in [4.69, 9.17) is 5.11 Å². The van der Waals surface area contributed by atoms with Crippen molar-refractivity contribution >= 4 is 11.8 Å². The first-order valence-electron chi connectivity index (χ1n) is 4.84. The molecule has 1 aromatic rings. The Balaban J connectivity index is 3.40. The van der Waals surface area contributed by atoms with Gasteiger partial charge in [0.05, 0.1) is 7.11 Å². The van der Waals surface area contributed by atoms with Gasteiger partial charge in [-0.1, -0.05) is 0 Å². The van der Waals surface area contributed by atoms with Crippen LogP contribution in [-0.2, 0) is 11.2 Å². The van der Waals surface area contributed by atoms with E-state index in [-0.39, 0.29) is 5.69 Å². The zero-order chi connectivity index (χ0) is 15.5. The number of hydrogen-bond donors (Lipinski definition) is 1. The molecule has 1 rings (SSSR count). The highest BCUT2D eigenvalue weighted by Gasteiger charge is 2.38. The maximum Gasteiger partial charge on any atom is 0.573 e. The third-order valence-electron chi connectivity index (χ3n) is 1.92. The van der Waals surface area contributed by atoms with Crippen molar-refractivity contribution in [1.82, 2.24) is 4.98 Å². The Kier molecular flexibility index (Phi) is 4.32. The van der Waals surface area contributed by atoms with Crippen LogP contribution >= 0.6 is 0 Å². The molecule has 0 saturated heterocycles. The number of rotatable bonds is 5. The van der Waals surface area contributed by atoms with E-state index >= 15 is 0 Å². The summed E-state index contributed by atoms with van der Waals surface area (Å²) in [6.07, 6.45) is -5.91. The molecule has 0 fully saturated rings.